The summed E-state index contributed by atoms with van der Waals surface area (Å²) < 4.78 is 0. The van der Waals surface area contributed by atoms with Crippen LogP contribution in [0.2, 0.25) is 0 Å². The Morgan fingerprint density at radius 3 is 1.78 bits per heavy atom. The van der Waals surface area contributed by atoms with Gasteiger partial charge in [0.25, 0.3) is 0 Å². The zero-order valence-corrected chi connectivity index (χ0v) is 9.43. The molecule has 0 aliphatic rings. The number of nitrogens with zero attached hydrogens (tertiary/aromatic N) is 5. The smallest absolute Gasteiger partial charge is 0.178 e. The highest BCUT2D eigenvalue weighted by Gasteiger charge is 2.11. The highest BCUT2D eigenvalue weighted by molar-refractivity contribution is 5.73. The predicted molar refractivity (Wildman–Crippen MR) is 66.3 cm³/mol. The summed E-state index contributed by atoms with van der Waals surface area (Å²) in [5.74, 6) is 1.19. The molecule has 3 aromatic rings. The average molecular weight is 235 g/mol. The van der Waals surface area contributed by atoms with Crippen molar-refractivity contribution in [1.82, 2.24) is 24.9 Å². The molecule has 0 N–H and O–H groups in total. The lowest BCUT2D eigenvalue weighted by Gasteiger charge is -2.05. The third-order valence-electron chi connectivity index (χ3n) is 2.39. The standard InChI is InChI=1S/C13H9N5/c1-4-10(12-15-6-2-7-16-12)11(14-5-1)13-17-8-3-9-18-13/h1-9H. The number of rotatable bonds is 2. The zero-order chi connectivity index (χ0) is 12.2. The quantitative estimate of drug-likeness (QED) is 0.679. The molecule has 5 nitrogen and oxygen atoms in total. The summed E-state index contributed by atoms with van der Waals surface area (Å²) in [6.45, 7) is 0. The molecule has 5 heteroatoms. The Morgan fingerprint density at radius 1 is 0.556 bits per heavy atom. The molecule has 3 rings (SSSR count). The highest BCUT2D eigenvalue weighted by Crippen LogP contribution is 2.24. The lowest BCUT2D eigenvalue weighted by molar-refractivity contribution is 1.12. The van der Waals surface area contributed by atoms with Crippen LogP contribution in [-0.4, -0.2) is 24.9 Å². The van der Waals surface area contributed by atoms with Gasteiger partial charge in [0.05, 0.1) is 0 Å². The van der Waals surface area contributed by atoms with Crippen molar-refractivity contribution in [2.45, 2.75) is 0 Å². The van der Waals surface area contributed by atoms with Gasteiger partial charge in [-0.2, -0.15) is 0 Å². The fourth-order valence-corrected chi connectivity index (χ4v) is 1.62. The predicted octanol–water partition coefficient (Wildman–Crippen LogP) is 2.00. The van der Waals surface area contributed by atoms with Gasteiger partial charge >= 0.3 is 0 Å². The zero-order valence-electron chi connectivity index (χ0n) is 9.43. The second kappa shape index (κ2) is 4.67. The lowest BCUT2D eigenvalue weighted by atomic mass is 10.1. The topological polar surface area (TPSA) is 64.5 Å². The Balaban J connectivity index is 2.18. The SMILES string of the molecule is c1cnc(-c2cccnc2-c2ncccn2)nc1. The van der Waals surface area contributed by atoms with Crippen LogP contribution in [0.1, 0.15) is 0 Å². The summed E-state index contributed by atoms with van der Waals surface area (Å²) in [5, 5.41) is 0. The van der Waals surface area contributed by atoms with Crippen LogP contribution in [0.3, 0.4) is 0 Å². The van der Waals surface area contributed by atoms with E-state index in [4.69, 9.17) is 0 Å². The van der Waals surface area contributed by atoms with Crippen molar-refractivity contribution in [2.75, 3.05) is 0 Å². The molecule has 0 amide bonds. The van der Waals surface area contributed by atoms with Crippen molar-refractivity contribution in [3.63, 3.8) is 0 Å². The first-order valence-corrected chi connectivity index (χ1v) is 5.45. The Morgan fingerprint density at radius 2 is 1.11 bits per heavy atom. The van der Waals surface area contributed by atoms with Crippen LogP contribution in [-0.2, 0) is 0 Å². The van der Waals surface area contributed by atoms with Crippen LogP contribution in [0.15, 0.2) is 55.2 Å². The molecule has 0 saturated heterocycles. The Bertz CT molecular complexity index is 581. The van der Waals surface area contributed by atoms with E-state index in [0.29, 0.717) is 17.3 Å². The van der Waals surface area contributed by atoms with Gasteiger partial charge in [-0.25, -0.2) is 19.9 Å². The second-order valence-corrected chi connectivity index (χ2v) is 3.54. The molecule has 0 bridgehead atoms. The van der Waals surface area contributed by atoms with Crippen LogP contribution < -0.4 is 0 Å². The van der Waals surface area contributed by atoms with Crippen molar-refractivity contribution in [2.24, 2.45) is 0 Å². The Labute approximate surface area is 104 Å². The van der Waals surface area contributed by atoms with Gasteiger partial charge in [0.1, 0.15) is 5.69 Å². The highest BCUT2D eigenvalue weighted by atomic mass is 14.9. The second-order valence-electron chi connectivity index (χ2n) is 3.54. The monoisotopic (exact) mass is 235 g/mol. The maximum absolute atomic E-state index is 4.32. The van der Waals surface area contributed by atoms with Crippen LogP contribution >= 0.6 is 0 Å². The molecule has 86 valence electrons. The number of hydrogen-bond acceptors (Lipinski definition) is 5. The molecule has 3 aromatic heterocycles. The van der Waals surface area contributed by atoms with Crippen LogP contribution in [0.25, 0.3) is 22.9 Å². The first-order chi connectivity index (χ1) is 8.95. The summed E-state index contributed by atoms with van der Waals surface area (Å²) in [6.07, 6.45) is 8.48. The van der Waals surface area contributed by atoms with Gasteiger partial charge < -0.3 is 0 Å². The summed E-state index contributed by atoms with van der Waals surface area (Å²) in [4.78, 5) is 21.2. The minimum atomic E-state index is 0.570. The van der Waals surface area contributed by atoms with Crippen LogP contribution in [0.5, 0.6) is 0 Å². The molecule has 0 spiro atoms. The molecule has 18 heavy (non-hydrogen) atoms. The third-order valence-corrected chi connectivity index (χ3v) is 2.39. The largest absolute Gasteiger partial charge is 0.252 e. The van der Waals surface area contributed by atoms with Gasteiger partial charge in [-0.1, -0.05) is 0 Å². The van der Waals surface area contributed by atoms with Crippen molar-refractivity contribution in [3.05, 3.63) is 55.2 Å². The van der Waals surface area contributed by atoms with Gasteiger partial charge in [0, 0.05) is 36.5 Å². The molecule has 0 radical (unpaired) electrons. The molecule has 0 saturated carbocycles. The van der Waals surface area contributed by atoms with Gasteiger partial charge in [0.2, 0.25) is 0 Å². The molecule has 0 aliphatic heterocycles. The minimum absolute atomic E-state index is 0.570. The molecule has 0 unspecified atom stereocenters. The fourth-order valence-electron chi connectivity index (χ4n) is 1.62. The van der Waals surface area contributed by atoms with Gasteiger partial charge in [-0.05, 0) is 24.3 Å². The van der Waals surface area contributed by atoms with Gasteiger partial charge in [0.15, 0.2) is 11.6 Å². The van der Waals surface area contributed by atoms with E-state index in [-0.39, 0.29) is 0 Å². The van der Waals surface area contributed by atoms with Crippen LogP contribution in [0.4, 0.5) is 0 Å². The van der Waals surface area contributed by atoms with Crippen LogP contribution in [0, 0.1) is 0 Å². The van der Waals surface area contributed by atoms with Crippen molar-refractivity contribution < 1.29 is 0 Å². The van der Waals surface area contributed by atoms with Crippen molar-refractivity contribution >= 4 is 0 Å². The Hall–Kier alpha value is -2.69. The normalized spacial score (nSPS) is 10.2. The van der Waals surface area contributed by atoms with Gasteiger partial charge in [-0.15, -0.1) is 0 Å². The molecular formula is C13H9N5. The molecule has 3 heterocycles. The van der Waals surface area contributed by atoms with E-state index in [1.807, 2.05) is 12.1 Å². The van der Waals surface area contributed by atoms with E-state index in [0.717, 1.165) is 5.56 Å². The average Bonchev–Trinajstić information content (AvgIpc) is 2.49. The maximum atomic E-state index is 4.32. The van der Waals surface area contributed by atoms with Crippen molar-refractivity contribution in [1.29, 1.82) is 0 Å². The van der Waals surface area contributed by atoms with E-state index in [9.17, 15) is 0 Å². The van der Waals surface area contributed by atoms with E-state index < -0.39 is 0 Å². The number of hydrogen-bond donors (Lipinski definition) is 0. The molecule has 0 atom stereocenters. The molecule has 0 aliphatic carbocycles. The summed E-state index contributed by atoms with van der Waals surface area (Å²) in [6, 6.07) is 7.30. The first-order valence-electron chi connectivity index (χ1n) is 5.45. The Kier molecular flexibility index (Phi) is 2.71. The molecule has 0 aromatic carbocycles. The fraction of sp³-hybridized carbons (Fsp3) is 0. The lowest BCUT2D eigenvalue weighted by Crippen LogP contribution is -1.96. The molecular weight excluding hydrogens is 226 g/mol. The van der Waals surface area contributed by atoms with Gasteiger partial charge in [-0.3, -0.25) is 4.98 Å². The van der Waals surface area contributed by atoms with E-state index in [1.165, 1.54) is 0 Å². The van der Waals surface area contributed by atoms with E-state index in [2.05, 4.69) is 24.9 Å². The third kappa shape index (κ3) is 1.93. The minimum Gasteiger partial charge on any atom is -0.252 e. The maximum Gasteiger partial charge on any atom is 0.178 e. The summed E-state index contributed by atoms with van der Waals surface area (Å²) in [7, 11) is 0. The summed E-state index contributed by atoms with van der Waals surface area (Å²) in [5.41, 5.74) is 1.51. The van der Waals surface area contributed by atoms with E-state index >= 15 is 0 Å². The molecule has 0 fully saturated rings. The first kappa shape index (κ1) is 10.5. The summed E-state index contributed by atoms with van der Waals surface area (Å²) >= 11 is 0. The van der Waals surface area contributed by atoms with E-state index in [1.54, 1.807) is 43.1 Å². The van der Waals surface area contributed by atoms with Crippen molar-refractivity contribution in [3.8, 4) is 22.9 Å². The number of pyridine rings is 1. The number of aromatic nitrogens is 5.